The lowest BCUT2D eigenvalue weighted by molar-refractivity contribution is 0.0982. The SMILES string of the molecule is Cc1ccc2nccc(-c3cnn4cc(N5CCC(N6CCN(C)CC6)CC5)cnc34)c2c1. The van der Waals surface area contributed by atoms with E-state index in [-0.39, 0.29) is 0 Å². The number of hydrogen-bond acceptors (Lipinski definition) is 6. The van der Waals surface area contributed by atoms with E-state index < -0.39 is 0 Å². The van der Waals surface area contributed by atoms with Crippen LogP contribution in [-0.2, 0) is 0 Å². The lowest BCUT2D eigenvalue weighted by atomic mass is 10.0. The van der Waals surface area contributed by atoms with Gasteiger partial charge in [-0.1, -0.05) is 11.6 Å². The van der Waals surface area contributed by atoms with Crippen LogP contribution in [0, 0.1) is 6.92 Å². The number of anilines is 1. The van der Waals surface area contributed by atoms with Crippen LogP contribution in [0.3, 0.4) is 0 Å². The average Bonchev–Trinajstić information content (AvgIpc) is 3.27. The van der Waals surface area contributed by atoms with Crippen molar-refractivity contribution in [2.24, 2.45) is 0 Å². The zero-order valence-electron chi connectivity index (χ0n) is 19.5. The predicted molar refractivity (Wildman–Crippen MR) is 133 cm³/mol. The first-order chi connectivity index (χ1) is 16.2. The van der Waals surface area contributed by atoms with Crippen LogP contribution in [0.4, 0.5) is 5.69 Å². The van der Waals surface area contributed by atoms with Crippen molar-refractivity contribution >= 4 is 22.2 Å². The monoisotopic (exact) mass is 441 g/mol. The Bertz CT molecular complexity index is 1280. The molecule has 0 atom stereocenters. The number of rotatable bonds is 3. The van der Waals surface area contributed by atoms with E-state index in [4.69, 9.17) is 4.98 Å². The quantitative estimate of drug-likeness (QED) is 0.485. The number of piperazine rings is 1. The molecular weight excluding hydrogens is 410 g/mol. The van der Waals surface area contributed by atoms with Crippen molar-refractivity contribution in [2.45, 2.75) is 25.8 Å². The largest absolute Gasteiger partial charge is 0.369 e. The second kappa shape index (κ2) is 8.39. The number of piperidine rings is 1. The van der Waals surface area contributed by atoms with Gasteiger partial charge in [0.1, 0.15) is 0 Å². The molecular formula is C26H31N7. The van der Waals surface area contributed by atoms with Crippen LogP contribution < -0.4 is 4.90 Å². The van der Waals surface area contributed by atoms with Crippen molar-refractivity contribution in [3.05, 3.63) is 54.6 Å². The molecule has 0 amide bonds. The van der Waals surface area contributed by atoms with Gasteiger partial charge in [0.05, 0.1) is 29.8 Å². The number of likely N-dealkylation sites (N-methyl/N-ethyl adjacent to an activating group) is 1. The Labute approximate surface area is 194 Å². The van der Waals surface area contributed by atoms with Gasteiger partial charge in [-0.15, -0.1) is 0 Å². The fraction of sp³-hybridized carbons (Fsp3) is 0.423. The summed E-state index contributed by atoms with van der Waals surface area (Å²) in [6.07, 6.45) is 10.4. The van der Waals surface area contributed by atoms with Crippen molar-refractivity contribution in [3.63, 3.8) is 0 Å². The van der Waals surface area contributed by atoms with E-state index in [2.05, 4.69) is 69.2 Å². The maximum atomic E-state index is 4.86. The van der Waals surface area contributed by atoms with Crippen molar-refractivity contribution in [1.29, 1.82) is 0 Å². The molecule has 7 nitrogen and oxygen atoms in total. The van der Waals surface area contributed by atoms with Gasteiger partial charge in [-0.05, 0) is 50.6 Å². The third kappa shape index (κ3) is 3.85. The summed E-state index contributed by atoms with van der Waals surface area (Å²) < 4.78 is 1.93. The Balaban J connectivity index is 1.23. The number of aryl methyl sites for hydroxylation is 1. The lowest BCUT2D eigenvalue weighted by Gasteiger charge is -2.42. The van der Waals surface area contributed by atoms with E-state index >= 15 is 0 Å². The zero-order chi connectivity index (χ0) is 22.4. The molecule has 33 heavy (non-hydrogen) atoms. The molecule has 3 aromatic heterocycles. The van der Waals surface area contributed by atoms with Crippen LogP contribution in [0.25, 0.3) is 27.7 Å². The summed E-state index contributed by atoms with van der Waals surface area (Å²) in [7, 11) is 2.22. The molecule has 6 rings (SSSR count). The van der Waals surface area contributed by atoms with Gasteiger partial charge >= 0.3 is 0 Å². The van der Waals surface area contributed by atoms with Crippen LogP contribution in [0.15, 0.2) is 49.1 Å². The summed E-state index contributed by atoms with van der Waals surface area (Å²) in [5, 5.41) is 5.81. The molecule has 4 aromatic rings. The highest BCUT2D eigenvalue weighted by atomic mass is 15.3. The Morgan fingerprint density at radius 1 is 0.879 bits per heavy atom. The van der Waals surface area contributed by atoms with Gasteiger partial charge in [-0.2, -0.15) is 5.10 Å². The first kappa shape index (κ1) is 20.6. The molecule has 0 N–H and O–H groups in total. The van der Waals surface area contributed by atoms with E-state index in [1.165, 1.54) is 44.6 Å². The molecule has 2 saturated heterocycles. The lowest BCUT2D eigenvalue weighted by Crippen LogP contribution is -2.52. The van der Waals surface area contributed by atoms with E-state index in [1.807, 2.05) is 23.1 Å². The first-order valence-electron chi connectivity index (χ1n) is 12.0. The second-order valence-corrected chi connectivity index (χ2v) is 9.58. The summed E-state index contributed by atoms with van der Waals surface area (Å²) in [5.74, 6) is 0. The summed E-state index contributed by atoms with van der Waals surface area (Å²) in [4.78, 5) is 17.0. The standard InChI is InChI=1S/C26H31N7/c1-19-3-4-25-23(15-19)22(5-8-27-25)24-17-29-33-18-21(16-28-26(24)33)31-9-6-20(7-10-31)32-13-11-30(2)12-14-32/h3-5,8,15-18,20H,6-7,9-14H2,1-2H3. The molecule has 0 bridgehead atoms. The van der Waals surface area contributed by atoms with E-state index in [0.29, 0.717) is 6.04 Å². The van der Waals surface area contributed by atoms with Gasteiger partial charge in [0.15, 0.2) is 5.65 Å². The third-order valence-corrected chi connectivity index (χ3v) is 7.41. The van der Waals surface area contributed by atoms with Crippen molar-refractivity contribution in [1.82, 2.24) is 29.4 Å². The highest BCUT2D eigenvalue weighted by Gasteiger charge is 2.27. The van der Waals surface area contributed by atoms with Crippen molar-refractivity contribution < 1.29 is 0 Å². The Morgan fingerprint density at radius 2 is 1.70 bits per heavy atom. The number of benzene rings is 1. The Hall–Kier alpha value is -3.03. The van der Waals surface area contributed by atoms with Crippen LogP contribution in [0.1, 0.15) is 18.4 Å². The molecule has 5 heterocycles. The van der Waals surface area contributed by atoms with Crippen molar-refractivity contribution in [2.75, 3.05) is 51.2 Å². The van der Waals surface area contributed by atoms with E-state index in [0.717, 1.165) is 46.5 Å². The molecule has 1 aromatic carbocycles. The maximum Gasteiger partial charge on any atom is 0.162 e. The van der Waals surface area contributed by atoms with E-state index in [1.54, 1.807) is 0 Å². The second-order valence-electron chi connectivity index (χ2n) is 9.58. The first-order valence-corrected chi connectivity index (χ1v) is 12.0. The van der Waals surface area contributed by atoms with Crippen LogP contribution in [-0.4, -0.2) is 81.7 Å². The number of nitrogens with zero attached hydrogens (tertiary/aromatic N) is 7. The van der Waals surface area contributed by atoms with Gasteiger partial charge in [0.2, 0.25) is 0 Å². The number of hydrogen-bond donors (Lipinski definition) is 0. The summed E-state index contributed by atoms with van der Waals surface area (Å²) >= 11 is 0. The minimum absolute atomic E-state index is 0.714. The molecule has 7 heteroatoms. The molecule has 0 aliphatic carbocycles. The van der Waals surface area contributed by atoms with Gasteiger partial charge in [-0.25, -0.2) is 9.50 Å². The molecule has 0 unspecified atom stereocenters. The molecule has 2 aliphatic heterocycles. The smallest absolute Gasteiger partial charge is 0.162 e. The van der Waals surface area contributed by atoms with E-state index in [9.17, 15) is 0 Å². The molecule has 170 valence electrons. The zero-order valence-corrected chi connectivity index (χ0v) is 19.5. The molecule has 2 fully saturated rings. The molecule has 2 aliphatic rings. The normalized spacial score (nSPS) is 19.0. The fourth-order valence-electron chi connectivity index (χ4n) is 5.39. The third-order valence-electron chi connectivity index (χ3n) is 7.41. The highest BCUT2D eigenvalue weighted by Crippen LogP contribution is 2.31. The Morgan fingerprint density at radius 3 is 2.52 bits per heavy atom. The van der Waals surface area contributed by atoms with Gasteiger partial charge < -0.3 is 9.80 Å². The van der Waals surface area contributed by atoms with Crippen LogP contribution in [0.2, 0.25) is 0 Å². The minimum atomic E-state index is 0.714. The van der Waals surface area contributed by atoms with Crippen LogP contribution >= 0.6 is 0 Å². The average molecular weight is 442 g/mol. The summed E-state index contributed by atoms with van der Waals surface area (Å²) in [6.45, 7) is 9.05. The van der Waals surface area contributed by atoms with Gasteiger partial charge in [0.25, 0.3) is 0 Å². The minimum Gasteiger partial charge on any atom is -0.369 e. The molecule has 0 saturated carbocycles. The van der Waals surface area contributed by atoms with Gasteiger partial charge in [-0.3, -0.25) is 9.88 Å². The van der Waals surface area contributed by atoms with Crippen LogP contribution in [0.5, 0.6) is 0 Å². The summed E-state index contributed by atoms with van der Waals surface area (Å²) in [6, 6.07) is 9.16. The molecule has 0 spiro atoms. The maximum absolute atomic E-state index is 4.86. The summed E-state index contributed by atoms with van der Waals surface area (Å²) in [5.41, 5.74) is 6.45. The predicted octanol–water partition coefficient (Wildman–Crippen LogP) is 3.47. The number of fused-ring (bicyclic) bond motifs is 2. The number of aromatic nitrogens is 4. The number of pyridine rings is 1. The molecule has 0 radical (unpaired) electrons. The highest BCUT2D eigenvalue weighted by molar-refractivity contribution is 5.97. The van der Waals surface area contributed by atoms with Gasteiger partial charge in [0, 0.05) is 62.5 Å². The fourth-order valence-corrected chi connectivity index (χ4v) is 5.39. The topological polar surface area (TPSA) is 52.8 Å². The van der Waals surface area contributed by atoms with Crippen molar-refractivity contribution in [3.8, 4) is 11.1 Å². The Kier molecular flexibility index (Phi) is 5.23.